The molecule has 192 valence electrons. The fourth-order valence-electron chi connectivity index (χ4n) is 4.27. The molecule has 0 spiro atoms. The first kappa shape index (κ1) is 25.4. The molecule has 1 atom stereocenters. The maximum Gasteiger partial charge on any atom is 0.338 e. The Hall–Kier alpha value is -4.21. The van der Waals surface area contributed by atoms with E-state index in [4.69, 9.17) is 20.8 Å². The van der Waals surface area contributed by atoms with Crippen LogP contribution in [0.4, 0.5) is 0 Å². The van der Waals surface area contributed by atoms with Crippen LogP contribution in [-0.4, -0.2) is 28.2 Å². The summed E-state index contributed by atoms with van der Waals surface area (Å²) in [6, 6.07) is 16.0. The highest BCUT2D eigenvalue weighted by Crippen LogP contribution is 2.31. The quantitative estimate of drug-likeness (QED) is 0.357. The number of rotatable bonds is 6. The minimum Gasteiger partial charge on any atom is -0.478 e. The fraction of sp³-hybridized carbons (Fsp3) is 0.143. The lowest BCUT2D eigenvalue weighted by Crippen LogP contribution is -2.39. The van der Waals surface area contributed by atoms with Crippen LogP contribution < -0.4 is 14.9 Å². The first-order valence-electron chi connectivity index (χ1n) is 11.7. The summed E-state index contributed by atoms with van der Waals surface area (Å²) >= 11 is 7.27. The number of fused-ring (bicyclic) bond motifs is 1. The Morgan fingerprint density at radius 2 is 1.95 bits per heavy atom. The summed E-state index contributed by atoms with van der Waals surface area (Å²) in [6.07, 6.45) is 1.61. The number of aromatic nitrogens is 1. The minimum absolute atomic E-state index is 0.142. The van der Waals surface area contributed by atoms with Crippen LogP contribution in [0.25, 0.3) is 17.4 Å². The number of aromatic carboxylic acids is 1. The van der Waals surface area contributed by atoms with Crippen molar-refractivity contribution in [3.05, 3.63) is 114 Å². The van der Waals surface area contributed by atoms with Crippen molar-refractivity contribution in [1.82, 2.24) is 4.57 Å². The minimum atomic E-state index is -1.03. The highest BCUT2D eigenvalue weighted by molar-refractivity contribution is 7.07. The van der Waals surface area contributed by atoms with E-state index in [1.807, 2.05) is 0 Å². The summed E-state index contributed by atoms with van der Waals surface area (Å²) < 4.78 is 13.1. The van der Waals surface area contributed by atoms with Gasteiger partial charge in [-0.05, 0) is 55.8 Å². The Kier molecular flexibility index (Phi) is 6.88. The predicted octanol–water partition coefficient (Wildman–Crippen LogP) is 4.41. The van der Waals surface area contributed by atoms with Gasteiger partial charge >= 0.3 is 11.9 Å². The molecule has 4 aromatic rings. The van der Waals surface area contributed by atoms with Crippen LogP contribution in [0, 0.1) is 0 Å². The molecule has 1 aliphatic rings. The van der Waals surface area contributed by atoms with Crippen molar-refractivity contribution >= 4 is 41.0 Å². The third kappa shape index (κ3) is 4.73. The van der Waals surface area contributed by atoms with Crippen LogP contribution in [-0.2, 0) is 9.53 Å². The highest BCUT2D eigenvalue weighted by atomic mass is 35.5. The lowest BCUT2D eigenvalue weighted by atomic mass is 9.96. The van der Waals surface area contributed by atoms with Crippen molar-refractivity contribution in [1.29, 1.82) is 0 Å². The van der Waals surface area contributed by atoms with Crippen molar-refractivity contribution in [3.63, 3.8) is 0 Å². The van der Waals surface area contributed by atoms with Crippen molar-refractivity contribution in [2.45, 2.75) is 19.9 Å². The van der Waals surface area contributed by atoms with E-state index in [-0.39, 0.29) is 23.3 Å². The first-order valence-corrected chi connectivity index (χ1v) is 12.8. The molecular weight excluding hydrogens is 528 g/mol. The zero-order valence-corrected chi connectivity index (χ0v) is 21.9. The molecule has 0 aliphatic carbocycles. The van der Waals surface area contributed by atoms with Gasteiger partial charge in [-0.15, -0.1) is 0 Å². The van der Waals surface area contributed by atoms with Crippen LogP contribution in [0.3, 0.4) is 0 Å². The van der Waals surface area contributed by atoms with Crippen LogP contribution in [0.2, 0.25) is 5.02 Å². The molecule has 5 rings (SSSR count). The number of furan rings is 1. The molecular formula is C28H21ClN2O6S. The summed E-state index contributed by atoms with van der Waals surface area (Å²) in [5.74, 6) is -0.698. The van der Waals surface area contributed by atoms with E-state index >= 15 is 0 Å². The SMILES string of the molecule is CCOC(=O)C1=C(C)N=c2s/c(=C/c3ccc(-c4cccc(C(=O)O)c4)o3)c(=O)n2C1c1ccc(Cl)cc1. The van der Waals surface area contributed by atoms with Gasteiger partial charge in [0.15, 0.2) is 4.80 Å². The average molecular weight is 549 g/mol. The maximum absolute atomic E-state index is 13.7. The van der Waals surface area contributed by atoms with E-state index in [2.05, 4.69) is 4.99 Å². The van der Waals surface area contributed by atoms with Crippen molar-refractivity contribution in [3.8, 4) is 11.3 Å². The maximum atomic E-state index is 13.7. The summed E-state index contributed by atoms with van der Waals surface area (Å²) in [6.45, 7) is 3.62. The summed E-state index contributed by atoms with van der Waals surface area (Å²) in [4.78, 5) is 42.9. The largest absolute Gasteiger partial charge is 0.478 e. The van der Waals surface area contributed by atoms with Gasteiger partial charge in [0.1, 0.15) is 11.5 Å². The zero-order valence-electron chi connectivity index (χ0n) is 20.3. The van der Waals surface area contributed by atoms with Crippen LogP contribution in [0.5, 0.6) is 0 Å². The number of esters is 1. The molecule has 1 unspecified atom stereocenters. The molecule has 2 aromatic carbocycles. The normalized spacial score (nSPS) is 15.2. The van der Waals surface area contributed by atoms with Gasteiger partial charge in [0.25, 0.3) is 5.56 Å². The van der Waals surface area contributed by atoms with E-state index in [9.17, 15) is 19.5 Å². The molecule has 2 aromatic heterocycles. The molecule has 10 heteroatoms. The lowest BCUT2D eigenvalue weighted by molar-refractivity contribution is -0.139. The smallest absolute Gasteiger partial charge is 0.338 e. The van der Waals surface area contributed by atoms with Crippen LogP contribution >= 0.6 is 22.9 Å². The van der Waals surface area contributed by atoms with Gasteiger partial charge in [-0.2, -0.15) is 0 Å². The van der Waals surface area contributed by atoms with E-state index < -0.39 is 18.0 Å². The van der Waals surface area contributed by atoms with Gasteiger partial charge < -0.3 is 14.3 Å². The number of allylic oxidation sites excluding steroid dienone is 1. The number of thiazole rings is 1. The van der Waals surface area contributed by atoms with Crippen LogP contribution in [0.15, 0.2) is 86.1 Å². The molecule has 1 aliphatic heterocycles. The average Bonchev–Trinajstić information content (AvgIpc) is 3.48. The molecule has 3 heterocycles. The highest BCUT2D eigenvalue weighted by Gasteiger charge is 2.33. The molecule has 0 saturated carbocycles. The third-order valence-electron chi connectivity index (χ3n) is 6.00. The monoisotopic (exact) mass is 548 g/mol. The second-order valence-electron chi connectivity index (χ2n) is 8.44. The second-order valence-corrected chi connectivity index (χ2v) is 9.89. The van der Waals surface area contributed by atoms with Crippen molar-refractivity contribution < 1.29 is 23.8 Å². The summed E-state index contributed by atoms with van der Waals surface area (Å²) in [5.41, 5.74) is 1.85. The number of hydrogen-bond acceptors (Lipinski definition) is 7. The number of ether oxygens (including phenoxy) is 1. The Labute approximate surface area is 225 Å². The summed E-state index contributed by atoms with van der Waals surface area (Å²) in [7, 11) is 0. The number of carboxylic acid groups (broad SMARTS) is 1. The van der Waals surface area contributed by atoms with Gasteiger partial charge in [0, 0.05) is 16.7 Å². The number of carbonyl (C=O) groups is 2. The predicted molar refractivity (Wildman–Crippen MR) is 143 cm³/mol. The van der Waals surface area contributed by atoms with Crippen molar-refractivity contribution in [2.24, 2.45) is 4.99 Å². The van der Waals surface area contributed by atoms with Crippen molar-refractivity contribution in [2.75, 3.05) is 6.61 Å². The molecule has 0 saturated heterocycles. The molecule has 0 fully saturated rings. The molecule has 8 nitrogen and oxygen atoms in total. The number of carboxylic acids is 1. The van der Waals surface area contributed by atoms with Gasteiger partial charge in [0.2, 0.25) is 0 Å². The summed E-state index contributed by atoms with van der Waals surface area (Å²) in [5, 5.41) is 9.80. The zero-order chi connectivity index (χ0) is 27.0. The van der Waals surface area contributed by atoms with Gasteiger partial charge in [0.05, 0.1) is 34.0 Å². The standard InChI is InChI=1S/C28H21ClN2O6S/c1-3-36-27(35)23-15(2)30-28-31(24(23)16-7-9-19(29)10-8-16)25(32)22(38-28)14-20-11-12-21(37-20)17-5-4-6-18(13-17)26(33)34/h4-14,24H,3H2,1-2H3,(H,33,34)/b22-14+. The number of nitrogens with zero attached hydrogens (tertiary/aromatic N) is 2. The van der Waals surface area contributed by atoms with E-state index in [0.717, 1.165) is 0 Å². The molecule has 38 heavy (non-hydrogen) atoms. The van der Waals surface area contributed by atoms with Crippen LogP contribution in [0.1, 0.15) is 41.6 Å². The Balaban J connectivity index is 1.61. The van der Waals surface area contributed by atoms with E-state index in [0.29, 0.717) is 42.7 Å². The number of halogens is 1. The Bertz CT molecular complexity index is 1780. The molecule has 0 bridgehead atoms. The lowest BCUT2D eigenvalue weighted by Gasteiger charge is -2.24. The van der Waals surface area contributed by atoms with Gasteiger partial charge in [-0.25, -0.2) is 14.6 Å². The van der Waals surface area contributed by atoms with E-state index in [1.54, 1.807) is 68.5 Å². The number of hydrogen-bond donors (Lipinski definition) is 1. The number of benzene rings is 2. The topological polar surface area (TPSA) is 111 Å². The molecule has 0 radical (unpaired) electrons. The Morgan fingerprint density at radius 1 is 1.18 bits per heavy atom. The van der Waals surface area contributed by atoms with Gasteiger partial charge in [-0.1, -0.05) is 47.2 Å². The first-order chi connectivity index (χ1) is 18.3. The second kappa shape index (κ2) is 10.3. The number of carbonyl (C=O) groups excluding carboxylic acids is 1. The molecule has 0 amide bonds. The van der Waals surface area contributed by atoms with E-state index in [1.165, 1.54) is 28.0 Å². The third-order valence-corrected chi connectivity index (χ3v) is 7.23. The van der Waals surface area contributed by atoms with Gasteiger partial charge in [-0.3, -0.25) is 9.36 Å². The fourth-order valence-corrected chi connectivity index (χ4v) is 5.42. The molecule has 1 N–H and O–H groups in total. The Morgan fingerprint density at radius 3 is 2.66 bits per heavy atom.